The van der Waals surface area contributed by atoms with E-state index in [1.165, 1.54) is 18.9 Å². The molecule has 1 atom stereocenters. The molecule has 6 nitrogen and oxygen atoms in total. The lowest BCUT2D eigenvalue weighted by atomic mass is 10.3. The summed E-state index contributed by atoms with van der Waals surface area (Å²) in [5.74, 6) is 0.225. The van der Waals surface area contributed by atoms with Crippen LogP contribution in [0.25, 0.3) is 0 Å². The van der Waals surface area contributed by atoms with Crippen LogP contribution in [0.15, 0.2) is 20.0 Å². The third-order valence-corrected chi connectivity index (χ3v) is 6.13. The van der Waals surface area contributed by atoms with E-state index in [9.17, 15) is 8.42 Å². The summed E-state index contributed by atoms with van der Waals surface area (Å²) in [4.78, 5) is 2.39. The maximum absolute atomic E-state index is 12.3. The summed E-state index contributed by atoms with van der Waals surface area (Å²) in [6.07, 6.45) is 3.29. The molecule has 1 saturated heterocycles. The molecule has 0 bridgehead atoms. The van der Waals surface area contributed by atoms with Crippen molar-refractivity contribution in [1.82, 2.24) is 9.62 Å². The van der Waals surface area contributed by atoms with Crippen LogP contribution in [0, 0.1) is 0 Å². The number of sulfonamides is 1. The van der Waals surface area contributed by atoms with Crippen LogP contribution in [0.5, 0.6) is 0 Å². The van der Waals surface area contributed by atoms with E-state index in [4.69, 9.17) is 9.52 Å². The van der Waals surface area contributed by atoms with Crippen molar-refractivity contribution in [3.8, 4) is 0 Å². The molecule has 3 rings (SSSR count). The maximum atomic E-state index is 12.3. The topological polar surface area (TPSA) is 82.8 Å². The van der Waals surface area contributed by atoms with Gasteiger partial charge in [0.1, 0.15) is 17.3 Å². The van der Waals surface area contributed by atoms with E-state index in [1.54, 1.807) is 0 Å². The quantitative estimate of drug-likeness (QED) is 0.815. The number of nitrogens with zero attached hydrogens (tertiary/aromatic N) is 1. The Morgan fingerprint density at radius 2 is 2.20 bits per heavy atom. The molecule has 2 fully saturated rings. The van der Waals surface area contributed by atoms with Gasteiger partial charge in [-0.15, -0.1) is 0 Å². The van der Waals surface area contributed by atoms with Crippen molar-refractivity contribution in [2.24, 2.45) is 0 Å². The van der Waals surface area contributed by atoms with Crippen LogP contribution in [0.2, 0.25) is 0 Å². The van der Waals surface area contributed by atoms with E-state index < -0.39 is 10.0 Å². The average molecular weight is 365 g/mol. The lowest BCUT2D eigenvalue weighted by molar-refractivity contribution is 0.245. The second-order valence-electron chi connectivity index (χ2n) is 5.34. The molecule has 112 valence electrons. The highest BCUT2D eigenvalue weighted by Crippen LogP contribution is 2.31. The molecule has 0 amide bonds. The number of hydrogen-bond acceptors (Lipinski definition) is 5. The van der Waals surface area contributed by atoms with Gasteiger partial charge in [0.15, 0.2) is 4.67 Å². The first kappa shape index (κ1) is 14.5. The molecule has 1 aliphatic carbocycles. The summed E-state index contributed by atoms with van der Waals surface area (Å²) in [6, 6.07) is 1.95. The first-order valence-corrected chi connectivity index (χ1v) is 8.92. The molecule has 0 radical (unpaired) electrons. The lowest BCUT2D eigenvalue weighted by Crippen LogP contribution is -2.37. The van der Waals surface area contributed by atoms with Crippen LogP contribution in [0.1, 0.15) is 25.0 Å². The third-order valence-electron chi connectivity index (χ3n) is 3.76. The van der Waals surface area contributed by atoms with E-state index in [2.05, 4.69) is 25.6 Å². The molecule has 1 saturated carbocycles. The summed E-state index contributed by atoms with van der Waals surface area (Å²) in [5.41, 5.74) is 0. The molecule has 1 unspecified atom stereocenters. The van der Waals surface area contributed by atoms with E-state index in [0.29, 0.717) is 6.04 Å². The van der Waals surface area contributed by atoms with Gasteiger partial charge in [-0.3, -0.25) is 4.90 Å². The van der Waals surface area contributed by atoms with Crippen molar-refractivity contribution in [3.05, 3.63) is 16.5 Å². The van der Waals surface area contributed by atoms with Crippen LogP contribution < -0.4 is 4.72 Å². The molecule has 2 heterocycles. The summed E-state index contributed by atoms with van der Waals surface area (Å²) < 4.78 is 32.6. The Bertz CT molecular complexity index is 597. The first-order chi connectivity index (χ1) is 9.49. The summed E-state index contributed by atoms with van der Waals surface area (Å²) in [6.45, 7) is 1.39. The van der Waals surface area contributed by atoms with Crippen molar-refractivity contribution >= 4 is 26.0 Å². The van der Waals surface area contributed by atoms with Gasteiger partial charge < -0.3 is 9.52 Å². The van der Waals surface area contributed by atoms with E-state index in [0.717, 1.165) is 19.5 Å². The van der Waals surface area contributed by atoms with Crippen molar-refractivity contribution in [1.29, 1.82) is 0 Å². The number of aliphatic hydroxyl groups excluding tert-OH is 1. The van der Waals surface area contributed by atoms with E-state index in [1.807, 2.05) is 0 Å². The zero-order valence-corrected chi connectivity index (χ0v) is 13.3. The van der Waals surface area contributed by atoms with Gasteiger partial charge in [-0.1, -0.05) is 0 Å². The number of aliphatic hydroxyl groups is 1. The monoisotopic (exact) mass is 364 g/mol. The third kappa shape index (κ3) is 2.94. The highest BCUT2D eigenvalue weighted by molar-refractivity contribution is 9.10. The minimum atomic E-state index is -3.62. The van der Waals surface area contributed by atoms with Crippen molar-refractivity contribution in [3.63, 3.8) is 0 Å². The Labute approximate surface area is 126 Å². The fourth-order valence-corrected chi connectivity index (χ4v) is 4.86. The van der Waals surface area contributed by atoms with Crippen LogP contribution >= 0.6 is 15.9 Å². The lowest BCUT2D eigenvalue weighted by Gasteiger charge is -2.15. The molecule has 8 heteroatoms. The fraction of sp³-hybridized carbons (Fsp3) is 0.667. The van der Waals surface area contributed by atoms with Crippen molar-refractivity contribution < 1.29 is 17.9 Å². The van der Waals surface area contributed by atoms with Crippen LogP contribution in [0.3, 0.4) is 0 Å². The molecule has 1 aromatic heterocycles. The summed E-state index contributed by atoms with van der Waals surface area (Å²) >= 11 is 3.08. The normalized spacial score (nSPS) is 24.4. The number of furan rings is 1. The number of rotatable bonds is 5. The predicted molar refractivity (Wildman–Crippen MR) is 75.7 cm³/mol. The van der Waals surface area contributed by atoms with Gasteiger partial charge in [-0.05, 0) is 35.2 Å². The number of likely N-dealkylation sites (tertiary alicyclic amines) is 1. The zero-order valence-electron chi connectivity index (χ0n) is 10.9. The molecule has 1 aromatic rings. The molecule has 1 aliphatic heterocycles. The Hall–Kier alpha value is -0.410. The minimum absolute atomic E-state index is 0.0476. The molecule has 2 aliphatic rings. The molecule has 20 heavy (non-hydrogen) atoms. The standard InChI is InChI=1S/C12H17BrN2O4S/c13-12-11(5-10(7-16)19-12)20(17,18)14-8-3-4-15(6-8)9-1-2-9/h5,8-9,14,16H,1-4,6-7H2. The minimum Gasteiger partial charge on any atom is -0.450 e. The van der Waals surface area contributed by atoms with Gasteiger partial charge in [0.25, 0.3) is 0 Å². The zero-order chi connectivity index (χ0) is 14.3. The molecular formula is C12H17BrN2O4S. The summed E-state index contributed by atoms with van der Waals surface area (Å²) in [7, 11) is -3.62. The van der Waals surface area contributed by atoms with Gasteiger partial charge >= 0.3 is 0 Å². The van der Waals surface area contributed by atoms with Gasteiger partial charge in [-0.2, -0.15) is 0 Å². The Morgan fingerprint density at radius 3 is 2.80 bits per heavy atom. The van der Waals surface area contributed by atoms with Gasteiger partial charge in [-0.25, -0.2) is 13.1 Å². The maximum Gasteiger partial charge on any atom is 0.245 e. The van der Waals surface area contributed by atoms with E-state index in [-0.39, 0.29) is 28.0 Å². The Morgan fingerprint density at radius 1 is 1.45 bits per heavy atom. The SMILES string of the molecule is O=S(=O)(NC1CCN(C2CC2)C1)c1cc(CO)oc1Br. The van der Waals surface area contributed by atoms with Crippen molar-refractivity contribution in [2.45, 2.75) is 42.8 Å². The van der Waals surface area contributed by atoms with Crippen LogP contribution in [-0.2, 0) is 16.6 Å². The Kier molecular flexibility index (Phi) is 3.93. The van der Waals surface area contributed by atoms with Crippen LogP contribution in [0.4, 0.5) is 0 Å². The van der Waals surface area contributed by atoms with Crippen molar-refractivity contribution in [2.75, 3.05) is 13.1 Å². The fourth-order valence-electron chi connectivity index (χ4n) is 2.60. The average Bonchev–Trinajstić information content (AvgIpc) is 3.02. The van der Waals surface area contributed by atoms with Crippen LogP contribution in [-0.4, -0.2) is 43.6 Å². The van der Waals surface area contributed by atoms with Gasteiger partial charge in [0.05, 0.1) is 0 Å². The largest absolute Gasteiger partial charge is 0.450 e. The second kappa shape index (κ2) is 5.42. The smallest absolute Gasteiger partial charge is 0.245 e. The molecule has 2 N–H and O–H groups in total. The van der Waals surface area contributed by atoms with Gasteiger partial charge in [0, 0.05) is 31.2 Å². The predicted octanol–water partition coefficient (Wildman–Crippen LogP) is 1.05. The molecular weight excluding hydrogens is 348 g/mol. The highest BCUT2D eigenvalue weighted by atomic mass is 79.9. The second-order valence-corrected chi connectivity index (χ2v) is 7.74. The number of nitrogens with one attached hydrogen (secondary N) is 1. The van der Waals surface area contributed by atoms with Gasteiger partial charge in [0.2, 0.25) is 10.0 Å². The molecule has 0 aromatic carbocycles. The van der Waals surface area contributed by atoms with E-state index >= 15 is 0 Å². The number of hydrogen-bond donors (Lipinski definition) is 2. The first-order valence-electron chi connectivity index (χ1n) is 6.65. The molecule has 0 spiro atoms. The summed E-state index contributed by atoms with van der Waals surface area (Å²) in [5, 5.41) is 8.99. The Balaban J connectivity index is 1.70. The highest BCUT2D eigenvalue weighted by Gasteiger charge is 2.36. The number of halogens is 1.